The van der Waals surface area contributed by atoms with Gasteiger partial charge in [-0.25, -0.2) is 0 Å². The number of amides is 1. The Hall–Kier alpha value is -1.56. The normalized spacial score (nSPS) is 26.9. The molecule has 2 saturated heterocycles. The van der Waals surface area contributed by atoms with Crippen molar-refractivity contribution in [1.29, 1.82) is 0 Å². The molecule has 0 saturated carbocycles. The zero-order valence-electron chi connectivity index (χ0n) is 17.7. The van der Waals surface area contributed by atoms with E-state index in [4.69, 9.17) is 0 Å². The van der Waals surface area contributed by atoms with Gasteiger partial charge in [0.25, 0.3) is 0 Å². The molecule has 0 N–H and O–H groups in total. The fraction of sp³-hybridized carbons (Fsp3) is 0.696. The Morgan fingerprint density at radius 1 is 1.10 bits per heavy atom. The summed E-state index contributed by atoms with van der Waals surface area (Å²) in [7, 11) is 0. The molecule has 2 fully saturated rings. The van der Waals surface area contributed by atoms with Crippen LogP contribution in [0.2, 0.25) is 0 Å². The van der Waals surface area contributed by atoms with Crippen molar-refractivity contribution < 1.29 is 18.0 Å². The van der Waals surface area contributed by atoms with Crippen LogP contribution in [0.3, 0.4) is 0 Å². The number of likely N-dealkylation sites (tertiary alicyclic amines) is 2. The zero-order chi connectivity index (χ0) is 21.2. The number of halogens is 3. The number of carbonyl (C=O) groups is 1. The molecule has 0 spiro atoms. The molecule has 1 amide bonds. The van der Waals surface area contributed by atoms with Crippen molar-refractivity contribution in [3.63, 3.8) is 0 Å². The predicted molar refractivity (Wildman–Crippen MR) is 108 cm³/mol. The molecule has 2 unspecified atom stereocenters. The van der Waals surface area contributed by atoms with Crippen LogP contribution >= 0.6 is 0 Å². The van der Waals surface area contributed by atoms with Crippen molar-refractivity contribution >= 4 is 5.91 Å². The minimum Gasteiger partial charge on any atom is -0.338 e. The summed E-state index contributed by atoms with van der Waals surface area (Å²) >= 11 is 0. The van der Waals surface area contributed by atoms with E-state index in [9.17, 15) is 18.0 Å². The number of rotatable bonds is 6. The maximum atomic E-state index is 13.0. The molecule has 2 aliphatic rings. The van der Waals surface area contributed by atoms with E-state index in [0.717, 1.165) is 24.8 Å². The molecule has 3 nitrogen and oxygen atoms in total. The van der Waals surface area contributed by atoms with Gasteiger partial charge >= 0.3 is 6.18 Å². The number of nitrogens with zero attached hydrogens (tertiary/aromatic N) is 2. The van der Waals surface area contributed by atoms with Crippen molar-refractivity contribution in [3.05, 3.63) is 35.9 Å². The number of hydrogen-bond donors (Lipinski definition) is 0. The van der Waals surface area contributed by atoms with Gasteiger partial charge in [-0.2, -0.15) is 13.2 Å². The van der Waals surface area contributed by atoms with Crippen molar-refractivity contribution in [3.8, 4) is 0 Å². The van der Waals surface area contributed by atoms with Crippen LogP contribution in [0.15, 0.2) is 30.3 Å². The average molecular weight is 411 g/mol. The molecule has 29 heavy (non-hydrogen) atoms. The lowest BCUT2D eigenvalue weighted by Crippen LogP contribution is -2.46. The Morgan fingerprint density at radius 2 is 1.79 bits per heavy atom. The lowest BCUT2D eigenvalue weighted by molar-refractivity contribution is -0.150. The van der Waals surface area contributed by atoms with E-state index in [0.29, 0.717) is 37.9 Å². The van der Waals surface area contributed by atoms with Crippen LogP contribution in [0.1, 0.15) is 52.0 Å². The fourth-order valence-electron chi connectivity index (χ4n) is 5.16. The van der Waals surface area contributed by atoms with Gasteiger partial charge in [-0.15, -0.1) is 0 Å². The third kappa shape index (κ3) is 5.97. The van der Waals surface area contributed by atoms with Gasteiger partial charge < -0.3 is 4.90 Å². The number of benzene rings is 1. The van der Waals surface area contributed by atoms with Crippen molar-refractivity contribution in [2.75, 3.05) is 19.6 Å². The Kier molecular flexibility index (Phi) is 6.61. The number of carbonyl (C=O) groups excluding carboxylic acids is 1. The molecule has 3 rings (SSSR count). The zero-order valence-corrected chi connectivity index (χ0v) is 17.7. The van der Waals surface area contributed by atoms with Gasteiger partial charge in [0, 0.05) is 32.1 Å². The second kappa shape index (κ2) is 8.66. The maximum absolute atomic E-state index is 13.0. The van der Waals surface area contributed by atoms with Crippen LogP contribution < -0.4 is 0 Å². The highest BCUT2D eigenvalue weighted by molar-refractivity contribution is 5.77. The van der Waals surface area contributed by atoms with Crippen molar-refractivity contribution in [2.45, 2.75) is 65.2 Å². The average Bonchev–Trinajstić information content (AvgIpc) is 2.94. The minimum atomic E-state index is -4.16. The molecule has 0 radical (unpaired) electrons. The largest absolute Gasteiger partial charge is 0.401 e. The van der Waals surface area contributed by atoms with Gasteiger partial charge in [0.05, 0.1) is 6.54 Å². The molecule has 1 aromatic carbocycles. The van der Waals surface area contributed by atoms with Crippen molar-refractivity contribution in [1.82, 2.24) is 9.80 Å². The predicted octanol–water partition coefficient (Wildman–Crippen LogP) is 5.11. The van der Waals surface area contributed by atoms with Gasteiger partial charge in [0.1, 0.15) is 0 Å². The lowest BCUT2D eigenvalue weighted by atomic mass is 9.70. The molecule has 0 aromatic heterocycles. The summed E-state index contributed by atoms with van der Waals surface area (Å²) in [5.41, 5.74) is 0.995. The number of piperidine rings is 1. The molecule has 162 valence electrons. The fourth-order valence-corrected chi connectivity index (χ4v) is 5.16. The van der Waals surface area contributed by atoms with Crippen LogP contribution in [0, 0.1) is 17.3 Å². The molecule has 2 aliphatic heterocycles. The molecule has 2 heterocycles. The molecule has 6 heteroatoms. The summed E-state index contributed by atoms with van der Waals surface area (Å²) < 4.78 is 39.0. The summed E-state index contributed by atoms with van der Waals surface area (Å²) in [5, 5.41) is 0. The van der Waals surface area contributed by atoms with E-state index in [1.807, 2.05) is 42.2 Å². The van der Waals surface area contributed by atoms with E-state index in [1.54, 1.807) is 4.90 Å². The highest BCUT2D eigenvalue weighted by Gasteiger charge is 2.43. The first-order valence-corrected chi connectivity index (χ1v) is 10.7. The maximum Gasteiger partial charge on any atom is 0.401 e. The van der Waals surface area contributed by atoms with Crippen LogP contribution in [0.25, 0.3) is 0 Å². The molecular weight excluding hydrogens is 377 g/mol. The van der Waals surface area contributed by atoms with Crippen LogP contribution in [0.4, 0.5) is 13.2 Å². The summed E-state index contributed by atoms with van der Waals surface area (Å²) in [6, 6.07) is 9.92. The Bertz CT molecular complexity index is 689. The Morgan fingerprint density at radius 3 is 2.45 bits per heavy atom. The van der Waals surface area contributed by atoms with Crippen molar-refractivity contribution in [2.24, 2.45) is 17.3 Å². The second-order valence-electron chi connectivity index (χ2n) is 9.73. The molecule has 0 aliphatic carbocycles. The SMILES string of the molecule is C[C@@H]1CC(CC(C)(C)C2CCC(=O)N(Cc3ccccc3)C2)N(CC(F)(F)F)C1. The highest BCUT2D eigenvalue weighted by Crippen LogP contribution is 2.42. The lowest BCUT2D eigenvalue weighted by Gasteiger charge is -2.43. The summed E-state index contributed by atoms with van der Waals surface area (Å²) in [6.45, 7) is 7.36. The van der Waals surface area contributed by atoms with E-state index < -0.39 is 12.7 Å². The van der Waals surface area contributed by atoms with Gasteiger partial charge in [0.2, 0.25) is 5.91 Å². The Labute approximate surface area is 172 Å². The van der Waals surface area contributed by atoms with Gasteiger partial charge in [-0.3, -0.25) is 9.69 Å². The van der Waals surface area contributed by atoms with Crippen LogP contribution in [-0.4, -0.2) is 47.6 Å². The smallest absolute Gasteiger partial charge is 0.338 e. The van der Waals surface area contributed by atoms with Crippen LogP contribution in [0.5, 0.6) is 0 Å². The third-order valence-electron chi connectivity index (χ3n) is 6.70. The third-order valence-corrected chi connectivity index (χ3v) is 6.70. The van der Waals surface area contributed by atoms with Crippen LogP contribution in [-0.2, 0) is 11.3 Å². The monoisotopic (exact) mass is 410 g/mol. The number of hydrogen-bond acceptors (Lipinski definition) is 2. The topological polar surface area (TPSA) is 23.6 Å². The summed E-state index contributed by atoms with van der Waals surface area (Å²) in [6.07, 6.45) is -1.26. The van der Waals surface area contributed by atoms with Gasteiger partial charge in [-0.05, 0) is 42.1 Å². The first-order chi connectivity index (χ1) is 13.5. The van der Waals surface area contributed by atoms with Gasteiger partial charge in [0.15, 0.2) is 0 Å². The van der Waals surface area contributed by atoms with E-state index in [-0.39, 0.29) is 17.4 Å². The molecule has 3 atom stereocenters. The van der Waals surface area contributed by atoms with E-state index in [1.165, 1.54) is 0 Å². The van der Waals surface area contributed by atoms with Gasteiger partial charge in [-0.1, -0.05) is 51.1 Å². The Balaban J connectivity index is 1.65. The standard InChI is InChI=1S/C23H33F3N2O/c1-17-11-20(28(13-17)16-23(24,25)26)12-22(2,3)19-9-10-21(29)27(15-19)14-18-7-5-4-6-8-18/h4-8,17,19-20H,9-16H2,1-3H3/t17-,19?,20?/m1/s1. The first-order valence-electron chi connectivity index (χ1n) is 10.7. The molecular formula is C23H33F3N2O. The van der Waals surface area contributed by atoms with E-state index >= 15 is 0 Å². The first kappa shape index (κ1) is 22.1. The molecule has 1 aromatic rings. The van der Waals surface area contributed by atoms with E-state index in [2.05, 4.69) is 13.8 Å². The minimum absolute atomic E-state index is 0.0400. The second-order valence-corrected chi connectivity index (χ2v) is 9.73. The summed E-state index contributed by atoms with van der Waals surface area (Å²) in [5.74, 6) is 0.766. The molecule has 0 bridgehead atoms. The highest BCUT2D eigenvalue weighted by atomic mass is 19.4. The summed E-state index contributed by atoms with van der Waals surface area (Å²) in [4.78, 5) is 16.0. The quantitative estimate of drug-likeness (QED) is 0.650. The number of alkyl halides is 3.